The second-order valence-electron chi connectivity index (χ2n) is 14.2. The molecule has 13 heteroatoms. The highest BCUT2D eigenvalue weighted by Crippen LogP contribution is 2.54. The molecule has 7 N–H and O–H groups in total. The Kier molecular flexibility index (Phi) is 8.38. The van der Waals surface area contributed by atoms with Crippen molar-refractivity contribution in [3.8, 4) is 5.75 Å². The summed E-state index contributed by atoms with van der Waals surface area (Å²) < 4.78 is 0. The maximum absolute atomic E-state index is 14.2. The first-order valence-corrected chi connectivity index (χ1v) is 16.4. The van der Waals surface area contributed by atoms with Gasteiger partial charge in [-0.05, 0) is 83.3 Å². The fourth-order valence-corrected chi connectivity index (χ4v) is 8.82. The van der Waals surface area contributed by atoms with Gasteiger partial charge in [-0.3, -0.25) is 24.1 Å². The van der Waals surface area contributed by atoms with E-state index >= 15 is 0 Å². The Morgan fingerprint density at radius 3 is 2.23 bits per heavy atom. The van der Waals surface area contributed by atoms with E-state index < -0.39 is 63.8 Å². The molecule has 0 unspecified atom stereocenters. The van der Waals surface area contributed by atoms with Gasteiger partial charge in [0.05, 0.1) is 17.3 Å². The minimum atomic E-state index is -2.72. The molecule has 47 heavy (non-hydrogen) atoms. The predicted molar refractivity (Wildman–Crippen MR) is 174 cm³/mol. The molecule has 13 nitrogen and oxygen atoms in total. The normalized spacial score (nSPS) is 28.8. The number of nitrogens with one attached hydrogen (secondary N) is 1. The molecule has 4 atom stereocenters. The first-order chi connectivity index (χ1) is 22.2. The lowest BCUT2D eigenvalue weighted by Crippen LogP contribution is -2.65. The molecule has 0 aromatic heterocycles. The number of likely N-dealkylation sites (N-methyl/N-ethyl adjacent to an activating group) is 1. The zero-order valence-corrected chi connectivity index (χ0v) is 27.4. The molecule has 1 saturated heterocycles. The maximum atomic E-state index is 14.2. The summed E-state index contributed by atoms with van der Waals surface area (Å²) in [6, 6.07) is 1.08. The first-order valence-electron chi connectivity index (χ1n) is 16.4. The number of amides is 2. The number of nitrogens with two attached hydrogens (primary N) is 1. The number of benzene rings is 1. The van der Waals surface area contributed by atoms with E-state index in [0.29, 0.717) is 30.1 Å². The lowest BCUT2D eigenvalue weighted by atomic mass is 9.57. The summed E-state index contributed by atoms with van der Waals surface area (Å²) in [5.41, 5.74) is 2.76. The quantitative estimate of drug-likeness (QED) is 0.193. The molecule has 5 aliphatic rings. The van der Waals surface area contributed by atoms with Gasteiger partial charge in [-0.25, -0.2) is 0 Å². The number of piperidine rings is 1. The number of aliphatic hydroxyl groups excluding tert-OH is 2. The third kappa shape index (κ3) is 5.10. The molecular formula is C34H45N5O8. The van der Waals surface area contributed by atoms with Crippen LogP contribution in [-0.2, 0) is 25.6 Å². The number of nitrogens with zero attached hydrogens (tertiary/aromatic N) is 3. The fourth-order valence-electron chi connectivity index (χ4n) is 8.82. The van der Waals surface area contributed by atoms with E-state index in [1.807, 2.05) is 0 Å². The van der Waals surface area contributed by atoms with Crippen LogP contribution < -0.4 is 16.0 Å². The Labute approximate surface area is 273 Å². The number of ketones is 2. The number of carbonyl (C=O) groups excluding carboxylic acids is 4. The van der Waals surface area contributed by atoms with Crippen LogP contribution in [0.3, 0.4) is 0 Å². The molecule has 1 aromatic carbocycles. The number of Topliss-reactive ketones (excluding diaryl/α,β-unsaturated/α-hetero) is 2. The average Bonchev–Trinajstić information content (AvgIpc) is 3.55. The van der Waals surface area contributed by atoms with Gasteiger partial charge < -0.3 is 41.3 Å². The van der Waals surface area contributed by atoms with Crippen molar-refractivity contribution in [2.75, 3.05) is 51.5 Å². The van der Waals surface area contributed by atoms with E-state index in [1.165, 1.54) is 30.6 Å². The largest absolute Gasteiger partial charge is 0.508 e. The van der Waals surface area contributed by atoms with Gasteiger partial charge in [0.25, 0.3) is 5.91 Å². The average molecular weight is 652 g/mol. The molecule has 2 amide bonds. The molecule has 3 fully saturated rings. The fraction of sp³-hybridized carbons (Fsp3) is 0.588. The van der Waals surface area contributed by atoms with Gasteiger partial charge in [0.2, 0.25) is 11.7 Å². The van der Waals surface area contributed by atoms with Crippen LogP contribution in [0.4, 0.5) is 11.4 Å². The Morgan fingerprint density at radius 1 is 1.02 bits per heavy atom. The molecular weight excluding hydrogens is 606 g/mol. The molecule has 1 aliphatic heterocycles. The number of anilines is 2. The Hall–Kier alpha value is -3.94. The summed E-state index contributed by atoms with van der Waals surface area (Å²) in [5.74, 6) is -7.65. The van der Waals surface area contributed by atoms with E-state index in [-0.39, 0.29) is 41.5 Å². The van der Waals surface area contributed by atoms with Crippen molar-refractivity contribution in [2.45, 2.75) is 69.1 Å². The van der Waals surface area contributed by atoms with Crippen LogP contribution in [0.25, 0.3) is 5.76 Å². The number of hydrogen-bond acceptors (Lipinski definition) is 11. The Morgan fingerprint density at radius 2 is 1.66 bits per heavy atom. The molecule has 2 saturated carbocycles. The van der Waals surface area contributed by atoms with Crippen LogP contribution in [0.2, 0.25) is 0 Å². The van der Waals surface area contributed by atoms with E-state index in [4.69, 9.17) is 5.73 Å². The number of hydrogen-bond donors (Lipinski definition) is 6. The van der Waals surface area contributed by atoms with Gasteiger partial charge >= 0.3 is 0 Å². The SMILES string of the molecule is CN(C)c1cc(NC(=O)C2CCN(C3CCCC3)CC2)c(O)c2c1C[C@H]1C[C@H]3[C@H](N(C)C)C(=O)C(C(N)=O)=C(O)[C@@]3(O)C(=O)C1=C2O. The number of fused-ring (bicyclic) bond motifs is 3. The molecule has 6 rings (SSSR count). The molecule has 254 valence electrons. The van der Waals surface area contributed by atoms with Crippen LogP contribution in [-0.4, -0.2) is 113 Å². The van der Waals surface area contributed by atoms with E-state index in [9.17, 15) is 39.6 Å². The Bertz CT molecular complexity index is 1600. The minimum Gasteiger partial charge on any atom is -0.508 e. The highest BCUT2D eigenvalue weighted by atomic mass is 16.3. The zero-order valence-electron chi connectivity index (χ0n) is 27.4. The third-order valence-electron chi connectivity index (χ3n) is 11.2. The van der Waals surface area contributed by atoms with Gasteiger partial charge in [-0.1, -0.05) is 12.8 Å². The van der Waals surface area contributed by atoms with Gasteiger partial charge in [0, 0.05) is 43.2 Å². The van der Waals surface area contributed by atoms with Crippen LogP contribution in [0.1, 0.15) is 56.1 Å². The van der Waals surface area contributed by atoms with Gasteiger partial charge in [0.1, 0.15) is 22.8 Å². The summed E-state index contributed by atoms with van der Waals surface area (Å²) in [6.45, 7) is 1.67. The summed E-state index contributed by atoms with van der Waals surface area (Å²) in [6.07, 6.45) is 6.43. The summed E-state index contributed by atoms with van der Waals surface area (Å²) in [7, 11) is 6.69. The number of carbonyl (C=O) groups is 4. The minimum absolute atomic E-state index is 0.00255. The van der Waals surface area contributed by atoms with Crippen molar-refractivity contribution in [3.05, 3.63) is 34.1 Å². The second kappa shape index (κ2) is 11.9. The summed E-state index contributed by atoms with van der Waals surface area (Å²) >= 11 is 0. The summed E-state index contributed by atoms with van der Waals surface area (Å²) in [4.78, 5) is 59.0. The van der Waals surface area contributed by atoms with Gasteiger partial charge in [0.15, 0.2) is 11.4 Å². The maximum Gasteiger partial charge on any atom is 0.255 e. The Balaban J connectivity index is 1.37. The molecule has 1 aromatic rings. The smallest absolute Gasteiger partial charge is 0.255 e. The lowest BCUT2D eigenvalue weighted by Gasteiger charge is -2.50. The topological polar surface area (TPSA) is 197 Å². The molecule has 0 radical (unpaired) electrons. The number of phenols is 1. The number of aromatic hydroxyl groups is 1. The number of rotatable bonds is 6. The zero-order chi connectivity index (χ0) is 34.1. The highest BCUT2D eigenvalue weighted by molar-refractivity contribution is 6.24. The highest BCUT2D eigenvalue weighted by Gasteiger charge is 2.64. The molecule has 0 spiro atoms. The first kappa shape index (κ1) is 33.0. The van der Waals surface area contributed by atoms with Gasteiger partial charge in [-0.2, -0.15) is 0 Å². The van der Waals surface area contributed by atoms with Gasteiger partial charge in [-0.15, -0.1) is 0 Å². The van der Waals surface area contributed by atoms with Crippen molar-refractivity contribution >= 4 is 40.5 Å². The standard InChI is InChI=1S/C34H45N5O8/c1-37(2)22-15-21(36-33(46)16-9-11-39(12-10-16)18-7-5-6-8-18)27(40)24-19(22)13-17-14-20-26(38(3)4)29(42)25(32(35)45)31(44)34(20,47)30(43)23(17)28(24)41/h15-18,20,26,40-41,44,47H,5-14H2,1-4H3,(H2,35,45)(H,36,46)/t17-,20-,26-,34-/m0/s1. The van der Waals surface area contributed by atoms with E-state index in [2.05, 4.69) is 10.2 Å². The number of phenolic OH excluding ortho intramolecular Hbond substituents is 1. The van der Waals surface area contributed by atoms with Crippen molar-refractivity contribution < 1.29 is 39.6 Å². The van der Waals surface area contributed by atoms with Crippen molar-refractivity contribution in [1.82, 2.24) is 9.80 Å². The van der Waals surface area contributed by atoms with Crippen LogP contribution in [0.5, 0.6) is 5.75 Å². The molecule has 0 bridgehead atoms. The molecule has 1 heterocycles. The predicted octanol–water partition coefficient (Wildman–Crippen LogP) is 1.62. The van der Waals surface area contributed by atoms with Crippen molar-refractivity contribution in [3.63, 3.8) is 0 Å². The monoisotopic (exact) mass is 651 g/mol. The van der Waals surface area contributed by atoms with Crippen LogP contribution >= 0.6 is 0 Å². The number of primary amides is 1. The van der Waals surface area contributed by atoms with E-state index in [0.717, 1.165) is 13.1 Å². The van der Waals surface area contributed by atoms with Crippen LogP contribution in [0, 0.1) is 17.8 Å². The van der Waals surface area contributed by atoms with Crippen molar-refractivity contribution in [1.29, 1.82) is 0 Å². The summed E-state index contributed by atoms with van der Waals surface area (Å²) in [5, 5.41) is 49.1. The molecule has 4 aliphatic carbocycles. The number of aliphatic hydroxyl groups is 3. The van der Waals surface area contributed by atoms with E-state index in [1.54, 1.807) is 39.2 Å². The van der Waals surface area contributed by atoms with Crippen molar-refractivity contribution in [2.24, 2.45) is 23.5 Å². The van der Waals surface area contributed by atoms with Crippen LogP contribution in [0.15, 0.2) is 23.0 Å². The lowest BCUT2D eigenvalue weighted by molar-refractivity contribution is -0.153. The number of likely N-dealkylation sites (tertiary alicyclic amines) is 1. The third-order valence-corrected chi connectivity index (χ3v) is 11.2. The second-order valence-corrected chi connectivity index (χ2v) is 14.2.